The first-order valence-electron chi connectivity index (χ1n) is 8.16. The molecule has 24 heavy (non-hydrogen) atoms. The maximum Gasteiger partial charge on any atom is 0.194 e. The van der Waals surface area contributed by atoms with E-state index < -0.39 is 0 Å². The normalized spacial score (nSPS) is 13.3. The van der Waals surface area contributed by atoms with E-state index in [-0.39, 0.29) is 6.04 Å². The molecule has 0 aliphatic heterocycles. The molecule has 0 aromatic carbocycles. The summed E-state index contributed by atoms with van der Waals surface area (Å²) < 4.78 is 1.84. The van der Waals surface area contributed by atoms with Crippen LogP contribution in [-0.2, 0) is 13.6 Å². The van der Waals surface area contributed by atoms with Gasteiger partial charge in [-0.2, -0.15) is 16.4 Å². The van der Waals surface area contributed by atoms with Crippen LogP contribution in [0.2, 0.25) is 0 Å². The fraction of sp³-hybridized carbons (Fsp3) is 0.529. The number of hydrogen-bond donors (Lipinski definition) is 1. The topological polar surface area (TPSA) is 48.7 Å². The number of rotatable bonds is 7. The first-order valence-corrected chi connectivity index (χ1v) is 9.11. The molecule has 0 saturated heterocycles. The van der Waals surface area contributed by atoms with Crippen LogP contribution in [0.3, 0.4) is 0 Å². The Bertz CT molecular complexity index is 631. The Morgan fingerprint density at radius 2 is 2.21 bits per heavy atom. The van der Waals surface area contributed by atoms with E-state index in [2.05, 4.69) is 71.3 Å². The zero-order chi connectivity index (χ0) is 17.5. The van der Waals surface area contributed by atoms with E-state index in [1.54, 1.807) is 11.3 Å². The second kappa shape index (κ2) is 8.84. The summed E-state index contributed by atoms with van der Waals surface area (Å²) in [5.74, 6) is 0.930. The predicted octanol–water partition coefficient (Wildman–Crippen LogP) is 2.18. The highest BCUT2D eigenvalue weighted by atomic mass is 32.1. The van der Waals surface area contributed by atoms with E-state index in [1.165, 1.54) is 11.1 Å². The maximum atomic E-state index is 4.86. The van der Waals surface area contributed by atoms with Gasteiger partial charge in [-0.15, -0.1) is 0 Å². The summed E-state index contributed by atoms with van der Waals surface area (Å²) in [7, 11) is 8.18. The smallest absolute Gasteiger partial charge is 0.194 e. The van der Waals surface area contributed by atoms with Crippen LogP contribution >= 0.6 is 11.3 Å². The van der Waals surface area contributed by atoms with Crippen molar-refractivity contribution in [1.29, 1.82) is 0 Å². The lowest BCUT2D eigenvalue weighted by atomic mass is 10.1. The molecule has 0 aliphatic carbocycles. The highest BCUT2D eigenvalue weighted by Gasteiger charge is 2.16. The van der Waals surface area contributed by atoms with E-state index in [0.717, 1.165) is 19.0 Å². The largest absolute Gasteiger partial charge is 0.357 e. The highest BCUT2D eigenvalue weighted by Crippen LogP contribution is 2.18. The Morgan fingerprint density at radius 1 is 1.42 bits per heavy atom. The second-order valence-electron chi connectivity index (χ2n) is 6.11. The molecule has 7 heteroatoms. The fourth-order valence-electron chi connectivity index (χ4n) is 2.55. The number of aliphatic imine (C=N–C) groups is 1. The summed E-state index contributed by atoms with van der Waals surface area (Å²) in [6, 6.07) is 2.37. The number of likely N-dealkylation sites (N-methyl/N-ethyl adjacent to an activating group) is 1. The van der Waals surface area contributed by atoms with E-state index in [9.17, 15) is 0 Å². The van der Waals surface area contributed by atoms with E-state index in [0.29, 0.717) is 6.54 Å². The minimum atomic E-state index is 0.210. The summed E-state index contributed by atoms with van der Waals surface area (Å²) >= 11 is 1.73. The van der Waals surface area contributed by atoms with Gasteiger partial charge < -0.3 is 15.1 Å². The van der Waals surface area contributed by atoms with Crippen molar-refractivity contribution in [1.82, 2.24) is 24.9 Å². The summed E-state index contributed by atoms with van der Waals surface area (Å²) in [6.45, 7) is 4.49. The minimum Gasteiger partial charge on any atom is -0.357 e. The van der Waals surface area contributed by atoms with Crippen LogP contribution in [0.4, 0.5) is 0 Å². The number of hydrogen-bond acceptors (Lipinski definition) is 4. The molecule has 1 N–H and O–H groups in total. The Morgan fingerprint density at radius 3 is 2.75 bits per heavy atom. The number of guanidine groups is 1. The molecule has 2 aromatic rings. The SMILES string of the molecule is CCNC(=NCC(c1cnn(C)c1)N(C)C)N(C)Cc1ccsc1. The van der Waals surface area contributed by atoms with Crippen LogP contribution in [0.5, 0.6) is 0 Å². The summed E-state index contributed by atoms with van der Waals surface area (Å²) in [5, 5.41) is 12.0. The van der Waals surface area contributed by atoms with E-state index in [1.807, 2.05) is 17.9 Å². The molecule has 2 rings (SSSR count). The third kappa shape index (κ3) is 5.07. The van der Waals surface area contributed by atoms with Gasteiger partial charge in [-0.25, -0.2) is 0 Å². The molecule has 2 aromatic heterocycles. The van der Waals surface area contributed by atoms with Crippen LogP contribution in [0.1, 0.15) is 24.1 Å². The molecule has 1 atom stereocenters. The molecule has 0 saturated carbocycles. The number of nitrogens with one attached hydrogen (secondary N) is 1. The van der Waals surface area contributed by atoms with Crippen LogP contribution in [0.15, 0.2) is 34.2 Å². The molecule has 0 aliphatic rings. The molecule has 0 fully saturated rings. The molecule has 0 amide bonds. The van der Waals surface area contributed by atoms with Crippen LogP contribution < -0.4 is 5.32 Å². The summed E-state index contributed by atoms with van der Waals surface area (Å²) in [6.07, 6.45) is 3.98. The number of aryl methyl sites for hydroxylation is 1. The molecule has 0 spiro atoms. The van der Waals surface area contributed by atoms with Crippen LogP contribution in [0.25, 0.3) is 0 Å². The molecule has 0 radical (unpaired) electrons. The van der Waals surface area contributed by atoms with Crippen molar-refractivity contribution < 1.29 is 0 Å². The number of thiophene rings is 1. The van der Waals surface area contributed by atoms with Gasteiger partial charge in [0.05, 0.1) is 18.8 Å². The molecule has 2 heterocycles. The Hall–Kier alpha value is -1.86. The first-order chi connectivity index (χ1) is 11.5. The molecule has 6 nitrogen and oxygen atoms in total. The average molecular weight is 349 g/mol. The Kier molecular flexibility index (Phi) is 6.81. The lowest BCUT2D eigenvalue weighted by Crippen LogP contribution is -2.39. The lowest BCUT2D eigenvalue weighted by molar-refractivity contribution is 0.305. The van der Waals surface area contributed by atoms with Gasteiger partial charge in [0.2, 0.25) is 0 Å². The van der Waals surface area contributed by atoms with Crippen molar-refractivity contribution in [2.75, 3.05) is 34.2 Å². The molecular weight excluding hydrogens is 320 g/mol. The Balaban J connectivity index is 2.10. The zero-order valence-corrected chi connectivity index (χ0v) is 16.0. The van der Waals surface area contributed by atoms with Crippen molar-refractivity contribution in [3.8, 4) is 0 Å². The number of aromatic nitrogens is 2. The molecule has 0 bridgehead atoms. The second-order valence-corrected chi connectivity index (χ2v) is 6.89. The minimum absolute atomic E-state index is 0.210. The monoisotopic (exact) mass is 348 g/mol. The highest BCUT2D eigenvalue weighted by molar-refractivity contribution is 7.07. The van der Waals surface area contributed by atoms with Crippen molar-refractivity contribution in [2.24, 2.45) is 12.0 Å². The van der Waals surface area contributed by atoms with Gasteiger partial charge in [0.25, 0.3) is 0 Å². The third-order valence-corrected chi connectivity index (χ3v) is 4.58. The summed E-state index contributed by atoms with van der Waals surface area (Å²) in [4.78, 5) is 9.21. The predicted molar refractivity (Wildman–Crippen MR) is 101 cm³/mol. The quantitative estimate of drug-likeness (QED) is 0.615. The first kappa shape index (κ1) is 18.5. The average Bonchev–Trinajstić information content (AvgIpc) is 3.18. The fourth-order valence-corrected chi connectivity index (χ4v) is 3.21. The van der Waals surface area contributed by atoms with Crippen molar-refractivity contribution >= 4 is 17.3 Å². The Labute approximate surface area is 148 Å². The zero-order valence-electron chi connectivity index (χ0n) is 15.2. The van der Waals surface area contributed by atoms with Gasteiger partial charge in [0.1, 0.15) is 0 Å². The lowest BCUT2D eigenvalue weighted by Gasteiger charge is -2.25. The van der Waals surface area contributed by atoms with Gasteiger partial charge in [-0.3, -0.25) is 9.67 Å². The van der Waals surface area contributed by atoms with Crippen LogP contribution in [0, 0.1) is 0 Å². The summed E-state index contributed by atoms with van der Waals surface area (Å²) in [5.41, 5.74) is 2.49. The maximum absolute atomic E-state index is 4.86. The van der Waals surface area contributed by atoms with E-state index >= 15 is 0 Å². The van der Waals surface area contributed by atoms with Crippen molar-refractivity contribution in [3.63, 3.8) is 0 Å². The van der Waals surface area contributed by atoms with Gasteiger partial charge in [0, 0.05) is 38.9 Å². The molecule has 132 valence electrons. The molecular formula is C17H28N6S. The molecule has 1 unspecified atom stereocenters. The van der Waals surface area contributed by atoms with Crippen molar-refractivity contribution in [2.45, 2.75) is 19.5 Å². The van der Waals surface area contributed by atoms with Gasteiger partial charge in [-0.1, -0.05) is 0 Å². The number of nitrogens with zero attached hydrogens (tertiary/aromatic N) is 5. The van der Waals surface area contributed by atoms with Crippen LogP contribution in [-0.4, -0.2) is 59.8 Å². The van der Waals surface area contributed by atoms with Crippen molar-refractivity contribution in [3.05, 3.63) is 40.3 Å². The van der Waals surface area contributed by atoms with Gasteiger partial charge in [-0.05, 0) is 43.4 Å². The van der Waals surface area contributed by atoms with Gasteiger partial charge in [0.15, 0.2) is 5.96 Å². The standard InChI is InChI=1S/C17H28N6S/c1-6-18-17(22(4)11-14-7-8-24-13-14)19-10-16(21(2)3)15-9-20-23(5)12-15/h7-9,12-13,16H,6,10-11H2,1-5H3,(H,18,19). The van der Waals surface area contributed by atoms with E-state index in [4.69, 9.17) is 4.99 Å². The van der Waals surface area contributed by atoms with Gasteiger partial charge >= 0.3 is 0 Å². The third-order valence-electron chi connectivity index (χ3n) is 3.84.